The first-order chi connectivity index (χ1) is 3.33. The van der Waals surface area contributed by atoms with Gasteiger partial charge in [-0.2, -0.15) is 5.26 Å². The van der Waals surface area contributed by atoms with Gasteiger partial charge in [-0.25, -0.2) is 0 Å². The summed E-state index contributed by atoms with van der Waals surface area (Å²) in [4.78, 5) is 1.88. The summed E-state index contributed by atoms with van der Waals surface area (Å²) in [6.45, 7) is 1.72. The quantitative estimate of drug-likeness (QED) is 0.430. The summed E-state index contributed by atoms with van der Waals surface area (Å²) in [7, 11) is 3.62. The van der Waals surface area contributed by atoms with Crippen molar-refractivity contribution < 1.29 is 0 Å². The van der Waals surface area contributed by atoms with Crippen LogP contribution in [0.5, 0.6) is 0 Å². The van der Waals surface area contributed by atoms with Gasteiger partial charge in [-0.3, -0.25) is 4.90 Å². The van der Waals surface area contributed by atoms with E-state index >= 15 is 0 Å². The summed E-state index contributed by atoms with van der Waals surface area (Å²) in [6, 6.07) is 2.15. The van der Waals surface area contributed by atoms with Crippen molar-refractivity contribution in [1.29, 1.82) is 5.26 Å². The molecule has 1 fully saturated rings. The average molecular weight is 95.1 g/mol. The van der Waals surface area contributed by atoms with Gasteiger partial charge < -0.3 is 0 Å². The van der Waals surface area contributed by atoms with Gasteiger partial charge in [0.15, 0.2) is 0 Å². The van der Waals surface area contributed by atoms with Crippen molar-refractivity contribution >= 4 is 0 Å². The van der Waals surface area contributed by atoms with Crippen LogP contribution < -0.4 is 0 Å². The van der Waals surface area contributed by atoms with E-state index < -0.39 is 0 Å². The minimum Gasteiger partial charge on any atom is -0.299 e. The molecule has 1 rings (SSSR count). The lowest BCUT2D eigenvalue weighted by molar-refractivity contribution is 0.201. The van der Waals surface area contributed by atoms with Gasteiger partial charge in [0.25, 0.3) is 0 Å². The van der Waals surface area contributed by atoms with Gasteiger partial charge in [0.05, 0.1) is 12.0 Å². The molecular weight excluding hydrogens is 88.1 g/mol. The average Bonchev–Trinajstić information content (AvgIpc) is 1.58. The fourth-order valence-corrected chi connectivity index (χ4v) is 0.652. The smallest absolute Gasteiger partial charge is 0.0717 e. The molecule has 0 bridgehead atoms. The number of likely N-dealkylation sites (tertiary alicyclic amines) is 1. The fourth-order valence-electron chi connectivity index (χ4n) is 0.652. The van der Waals surface area contributed by atoms with Crippen LogP contribution in [0.2, 0.25) is 0 Å². The molecule has 1 heterocycles. The van der Waals surface area contributed by atoms with Crippen LogP contribution in [0.4, 0.5) is 0 Å². The molecule has 0 unspecified atom stereocenters. The maximum Gasteiger partial charge on any atom is 0.0717 e. The Morgan fingerprint density at radius 2 is 2.29 bits per heavy atom. The van der Waals surface area contributed by atoms with E-state index in [9.17, 15) is 0 Å². The van der Waals surface area contributed by atoms with Crippen LogP contribution in [0.1, 0.15) is 0 Å². The van der Waals surface area contributed by atoms with Crippen LogP contribution in [-0.4, -0.2) is 18.0 Å². The first kappa shape index (κ1) is 4.61. The molecule has 1 aliphatic rings. The summed E-state index contributed by atoms with van der Waals surface area (Å²) in [5.74, 6) is 0.262. The molecule has 2 nitrogen and oxygen atoms in total. The highest BCUT2D eigenvalue weighted by Gasteiger charge is 2.21. The Balaban J connectivity index is 2.21. The topological polar surface area (TPSA) is 27.0 Å². The molecule has 0 saturated carbocycles. The molecule has 0 aromatic carbocycles. The van der Waals surface area contributed by atoms with Crippen molar-refractivity contribution in [3.05, 3.63) is 7.05 Å². The van der Waals surface area contributed by atoms with Crippen molar-refractivity contribution in [2.45, 2.75) is 0 Å². The minimum atomic E-state index is 0.262. The zero-order valence-corrected chi connectivity index (χ0v) is 4.09. The summed E-state index contributed by atoms with van der Waals surface area (Å²) >= 11 is 0. The molecule has 0 amide bonds. The van der Waals surface area contributed by atoms with Gasteiger partial charge in [0.1, 0.15) is 0 Å². The van der Waals surface area contributed by atoms with E-state index in [0.29, 0.717) is 0 Å². The van der Waals surface area contributed by atoms with Crippen molar-refractivity contribution in [2.24, 2.45) is 5.92 Å². The Bertz CT molecular complexity index is 97.1. The molecule has 0 spiro atoms. The standard InChI is InChI=1S/C5H7N2/c1-7-3-5(2-6)4-7/h5H,1,3-4H2. The van der Waals surface area contributed by atoms with Crippen molar-refractivity contribution in [3.8, 4) is 6.07 Å². The van der Waals surface area contributed by atoms with Crippen LogP contribution in [0, 0.1) is 24.3 Å². The van der Waals surface area contributed by atoms with Gasteiger partial charge in [0.2, 0.25) is 0 Å². The van der Waals surface area contributed by atoms with Crippen molar-refractivity contribution in [1.82, 2.24) is 4.90 Å². The lowest BCUT2D eigenvalue weighted by Gasteiger charge is -2.30. The largest absolute Gasteiger partial charge is 0.299 e. The third-order valence-corrected chi connectivity index (χ3v) is 1.14. The van der Waals surface area contributed by atoms with Crippen LogP contribution in [0.25, 0.3) is 0 Å². The fraction of sp³-hybridized carbons (Fsp3) is 0.600. The highest BCUT2D eigenvalue weighted by molar-refractivity contribution is 4.94. The normalized spacial score (nSPS) is 23.4. The third-order valence-electron chi connectivity index (χ3n) is 1.14. The van der Waals surface area contributed by atoms with Crippen LogP contribution >= 0.6 is 0 Å². The lowest BCUT2D eigenvalue weighted by Crippen LogP contribution is -2.41. The molecule has 0 aliphatic carbocycles. The Kier molecular flexibility index (Phi) is 0.994. The van der Waals surface area contributed by atoms with E-state index in [2.05, 4.69) is 13.1 Å². The first-order valence-corrected chi connectivity index (χ1v) is 2.28. The molecule has 1 aliphatic heterocycles. The minimum absolute atomic E-state index is 0.262. The predicted molar refractivity (Wildman–Crippen MR) is 26.0 cm³/mol. The van der Waals surface area contributed by atoms with E-state index in [0.717, 1.165) is 13.1 Å². The van der Waals surface area contributed by atoms with E-state index in [1.165, 1.54) is 0 Å². The molecular formula is C5H7N2. The van der Waals surface area contributed by atoms with Gasteiger partial charge in [0, 0.05) is 20.1 Å². The number of nitriles is 1. The van der Waals surface area contributed by atoms with Gasteiger partial charge in [-0.05, 0) is 0 Å². The third kappa shape index (κ3) is 0.726. The number of rotatable bonds is 0. The van der Waals surface area contributed by atoms with E-state index in [4.69, 9.17) is 5.26 Å². The maximum absolute atomic E-state index is 8.20. The summed E-state index contributed by atoms with van der Waals surface area (Å²) in [6.07, 6.45) is 0. The van der Waals surface area contributed by atoms with Crippen LogP contribution in [0.15, 0.2) is 0 Å². The Hall–Kier alpha value is -0.550. The predicted octanol–water partition coefficient (Wildman–Crippen LogP) is 0.233. The molecule has 2 heteroatoms. The van der Waals surface area contributed by atoms with Crippen LogP contribution in [-0.2, 0) is 0 Å². The van der Waals surface area contributed by atoms with Gasteiger partial charge >= 0.3 is 0 Å². The Morgan fingerprint density at radius 1 is 1.71 bits per heavy atom. The van der Waals surface area contributed by atoms with Gasteiger partial charge in [-0.15, -0.1) is 0 Å². The number of hydrogen-bond acceptors (Lipinski definition) is 2. The molecule has 1 radical (unpaired) electrons. The molecule has 0 N–H and O–H groups in total. The second-order valence-electron chi connectivity index (χ2n) is 1.86. The van der Waals surface area contributed by atoms with Gasteiger partial charge in [-0.1, -0.05) is 0 Å². The highest BCUT2D eigenvalue weighted by Crippen LogP contribution is 2.10. The summed E-state index contributed by atoms with van der Waals surface area (Å²) in [5.41, 5.74) is 0. The zero-order valence-electron chi connectivity index (χ0n) is 4.09. The van der Waals surface area contributed by atoms with Crippen molar-refractivity contribution in [2.75, 3.05) is 13.1 Å². The Labute approximate surface area is 43.3 Å². The van der Waals surface area contributed by atoms with E-state index in [-0.39, 0.29) is 5.92 Å². The van der Waals surface area contributed by atoms with E-state index in [1.807, 2.05) is 4.90 Å². The molecule has 0 atom stereocenters. The second kappa shape index (κ2) is 1.51. The number of nitrogens with zero attached hydrogens (tertiary/aromatic N) is 2. The zero-order chi connectivity index (χ0) is 5.28. The van der Waals surface area contributed by atoms with Crippen molar-refractivity contribution in [3.63, 3.8) is 0 Å². The maximum atomic E-state index is 8.20. The second-order valence-corrected chi connectivity index (χ2v) is 1.86. The monoisotopic (exact) mass is 95.1 g/mol. The highest BCUT2D eigenvalue weighted by atomic mass is 15.2. The molecule has 0 aromatic rings. The molecule has 0 aromatic heterocycles. The molecule has 1 saturated heterocycles. The SMILES string of the molecule is [CH2]N1CC(C#N)C1. The molecule has 37 valence electrons. The number of hydrogen-bond donors (Lipinski definition) is 0. The van der Waals surface area contributed by atoms with Crippen LogP contribution in [0.3, 0.4) is 0 Å². The summed E-state index contributed by atoms with van der Waals surface area (Å²) in [5, 5.41) is 8.20. The lowest BCUT2D eigenvalue weighted by atomic mass is 10.0. The summed E-state index contributed by atoms with van der Waals surface area (Å²) < 4.78 is 0. The van der Waals surface area contributed by atoms with E-state index in [1.54, 1.807) is 0 Å². The first-order valence-electron chi connectivity index (χ1n) is 2.28. The Morgan fingerprint density at radius 3 is 2.43 bits per heavy atom. The molecule has 7 heavy (non-hydrogen) atoms.